The van der Waals surface area contributed by atoms with Gasteiger partial charge in [-0.1, -0.05) is 6.07 Å². The molecule has 0 saturated carbocycles. The summed E-state index contributed by atoms with van der Waals surface area (Å²) in [5.41, 5.74) is 9.00. The van der Waals surface area contributed by atoms with Gasteiger partial charge in [-0.15, -0.1) is 0 Å². The van der Waals surface area contributed by atoms with Crippen LogP contribution in [0.1, 0.15) is 0 Å². The molecule has 0 spiro atoms. The van der Waals surface area contributed by atoms with Crippen molar-refractivity contribution in [2.24, 2.45) is 11.5 Å². The smallest absolute Gasteiger partial charge is 0.0267 e. The van der Waals surface area contributed by atoms with Gasteiger partial charge >= 0.3 is 0 Å². The van der Waals surface area contributed by atoms with Crippen LogP contribution in [0.3, 0.4) is 0 Å². The van der Waals surface area contributed by atoms with Gasteiger partial charge in [-0.05, 0) is 26.2 Å². The molecule has 4 N–H and O–H groups in total. The standard InChI is InChI=1S/C5H5N.2CH5N/c1-2-4-6-5-3-1;2*1-2/h1-5H;2*2H2,1H3. The predicted molar refractivity (Wildman–Crippen MR) is 44.5 cm³/mol. The van der Waals surface area contributed by atoms with Crippen molar-refractivity contribution in [3.05, 3.63) is 30.6 Å². The summed E-state index contributed by atoms with van der Waals surface area (Å²) in [5.74, 6) is 0. The van der Waals surface area contributed by atoms with E-state index in [1.807, 2.05) is 18.2 Å². The maximum absolute atomic E-state index is 4.50. The average Bonchev–Trinajstić information content (AvgIpc) is 2.14. The van der Waals surface area contributed by atoms with E-state index in [4.69, 9.17) is 0 Å². The number of nitrogens with two attached hydrogens (primary N) is 2. The topological polar surface area (TPSA) is 64.9 Å². The average molecular weight is 141 g/mol. The maximum atomic E-state index is 4.50. The van der Waals surface area contributed by atoms with Crippen molar-refractivity contribution in [1.82, 2.24) is 4.98 Å². The van der Waals surface area contributed by atoms with Crippen LogP contribution in [0.5, 0.6) is 0 Å². The van der Waals surface area contributed by atoms with Crippen molar-refractivity contribution in [3.63, 3.8) is 0 Å². The van der Waals surface area contributed by atoms with Crippen LogP contribution in [-0.4, -0.2) is 19.1 Å². The van der Waals surface area contributed by atoms with Gasteiger partial charge in [0.2, 0.25) is 0 Å². The van der Waals surface area contributed by atoms with E-state index in [0.29, 0.717) is 0 Å². The first-order valence-electron chi connectivity index (χ1n) is 3.00. The number of nitrogens with zero attached hydrogens (tertiary/aromatic N) is 1. The highest BCUT2D eigenvalue weighted by Gasteiger charge is 1.58. The molecule has 0 aliphatic carbocycles. The molecule has 1 rings (SSSR count). The quantitative estimate of drug-likeness (QED) is 0.543. The molecule has 0 aliphatic rings. The third kappa shape index (κ3) is 10.1. The lowest BCUT2D eigenvalue weighted by molar-refractivity contribution is 1.33. The summed E-state index contributed by atoms with van der Waals surface area (Å²) in [5, 5.41) is 0. The van der Waals surface area contributed by atoms with Gasteiger partial charge in [-0.25, -0.2) is 0 Å². The van der Waals surface area contributed by atoms with Crippen LogP contribution in [0, 0.1) is 0 Å². The van der Waals surface area contributed by atoms with E-state index in [1.54, 1.807) is 12.4 Å². The van der Waals surface area contributed by atoms with E-state index in [9.17, 15) is 0 Å². The zero-order chi connectivity index (χ0) is 8.24. The predicted octanol–water partition coefficient (Wildman–Crippen LogP) is 0.231. The molecule has 3 nitrogen and oxygen atoms in total. The molecule has 1 aromatic heterocycles. The Balaban J connectivity index is 0. The first-order valence-corrected chi connectivity index (χ1v) is 3.00. The van der Waals surface area contributed by atoms with Crippen molar-refractivity contribution in [2.75, 3.05) is 14.1 Å². The Hall–Kier alpha value is -0.930. The van der Waals surface area contributed by atoms with Gasteiger partial charge in [0.05, 0.1) is 0 Å². The minimum absolute atomic E-state index is 1.50. The summed E-state index contributed by atoms with van der Waals surface area (Å²) < 4.78 is 0. The lowest BCUT2D eigenvalue weighted by Gasteiger charge is -1.70. The molecule has 0 amide bonds. The van der Waals surface area contributed by atoms with Crippen molar-refractivity contribution in [1.29, 1.82) is 0 Å². The largest absolute Gasteiger partial charge is 0.333 e. The zero-order valence-corrected chi connectivity index (χ0v) is 6.49. The molecule has 0 bridgehead atoms. The molecule has 0 saturated heterocycles. The second-order valence-corrected chi connectivity index (χ2v) is 1.02. The molecule has 0 aromatic carbocycles. The van der Waals surface area contributed by atoms with Crippen LogP contribution in [0.15, 0.2) is 30.6 Å². The number of hydrogen-bond acceptors (Lipinski definition) is 3. The molecule has 0 radical (unpaired) electrons. The zero-order valence-electron chi connectivity index (χ0n) is 6.49. The monoisotopic (exact) mass is 141 g/mol. The highest BCUT2D eigenvalue weighted by molar-refractivity contribution is 4.88. The highest BCUT2D eigenvalue weighted by Crippen LogP contribution is 1.73. The van der Waals surface area contributed by atoms with Crippen LogP contribution in [-0.2, 0) is 0 Å². The first-order chi connectivity index (χ1) is 5.00. The SMILES string of the molecule is CN.CN.c1ccncc1. The number of rotatable bonds is 0. The minimum atomic E-state index is 1.50. The normalized spacial score (nSPS) is 6.00. The Morgan fingerprint density at radius 2 is 1.20 bits per heavy atom. The Bertz CT molecular complexity index is 80.8. The second kappa shape index (κ2) is 15.7. The van der Waals surface area contributed by atoms with Gasteiger partial charge in [-0.2, -0.15) is 0 Å². The van der Waals surface area contributed by atoms with Crippen LogP contribution >= 0.6 is 0 Å². The van der Waals surface area contributed by atoms with Gasteiger partial charge in [-0.3, -0.25) is 4.98 Å². The van der Waals surface area contributed by atoms with Crippen LogP contribution < -0.4 is 11.5 Å². The fraction of sp³-hybridized carbons (Fsp3) is 0.286. The van der Waals surface area contributed by atoms with Crippen LogP contribution in [0.25, 0.3) is 0 Å². The molecule has 0 aliphatic heterocycles. The molecule has 58 valence electrons. The van der Waals surface area contributed by atoms with Crippen molar-refractivity contribution >= 4 is 0 Å². The van der Waals surface area contributed by atoms with Gasteiger partial charge in [0.25, 0.3) is 0 Å². The van der Waals surface area contributed by atoms with Crippen molar-refractivity contribution in [2.45, 2.75) is 0 Å². The van der Waals surface area contributed by atoms with Crippen molar-refractivity contribution < 1.29 is 0 Å². The molecule has 3 heteroatoms. The Morgan fingerprint density at radius 3 is 1.30 bits per heavy atom. The molecule has 0 fully saturated rings. The van der Waals surface area contributed by atoms with E-state index in [-0.39, 0.29) is 0 Å². The lowest BCUT2D eigenvalue weighted by atomic mass is 10.5. The summed E-state index contributed by atoms with van der Waals surface area (Å²) in [4.78, 5) is 3.78. The molecule has 0 unspecified atom stereocenters. The third-order valence-electron chi connectivity index (χ3n) is 0.566. The maximum Gasteiger partial charge on any atom is 0.0267 e. The molecule has 1 aromatic rings. The highest BCUT2D eigenvalue weighted by atomic mass is 14.6. The summed E-state index contributed by atoms with van der Waals surface area (Å²) in [6, 6.07) is 5.72. The van der Waals surface area contributed by atoms with E-state index in [1.165, 1.54) is 14.1 Å². The van der Waals surface area contributed by atoms with E-state index in [0.717, 1.165) is 0 Å². The summed E-state index contributed by atoms with van der Waals surface area (Å²) >= 11 is 0. The Morgan fingerprint density at radius 1 is 0.800 bits per heavy atom. The molecular formula is C7H15N3. The summed E-state index contributed by atoms with van der Waals surface area (Å²) in [7, 11) is 3.00. The number of aromatic nitrogens is 1. The van der Waals surface area contributed by atoms with Gasteiger partial charge in [0.15, 0.2) is 0 Å². The molecule has 1 heterocycles. The Kier molecular flexibility index (Phi) is 18.5. The molecule has 0 atom stereocenters. The van der Waals surface area contributed by atoms with Gasteiger partial charge in [0, 0.05) is 12.4 Å². The number of pyridine rings is 1. The summed E-state index contributed by atoms with van der Waals surface area (Å²) in [6.07, 6.45) is 3.50. The first kappa shape index (κ1) is 11.8. The van der Waals surface area contributed by atoms with Crippen LogP contribution in [0.2, 0.25) is 0 Å². The lowest BCUT2D eigenvalue weighted by Crippen LogP contribution is -1.69. The van der Waals surface area contributed by atoms with Crippen LogP contribution in [0.4, 0.5) is 0 Å². The third-order valence-corrected chi connectivity index (χ3v) is 0.566. The summed E-state index contributed by atoms with van der Waals surface area (Å²) in [6.45, 7) is 0. The Labute approximate surface area is 62.1 Å². The molecular weight excluding hydrogens is 126 g/mol. The minimum Gasteiger partial charge on any atom is -0.333 e. The fourth-order valence-corrected chi connectivity index (χ4v) is 0.313. The molecule has 10 heavy (non-hydrogen) atoms. The fourth-order valence-electron chi connectivity index (χ4n) is 0.313. The second-order valence-electron chi connectivity index (χ2n) is 1.02. The van der Waals surface area contributed by atoms with Gasteiger partial charge < -0.3 is 11.5 Å². The van der Waals surface area contributed by atoms with Gasteiger partial charge in [0.1, 0.15) is 0 Å². The van der Waals surface area contributed by atoms with E-state index >= 15 is 0 Å². The van der Waals surface area contributed by atoms with E-state index < -0.39 is 0 Å². The number of hydrogen-bond donors (Lipinski definition) is 2. The van der Waals surface area contributed by atoms with Crippen molar-refractivity contribution in [3.8, 4) is 0 Å². The van der Waals surface area contributed by atoms with E-state index in [2.05, 4.69) is 16.5 Å².